The highest BCUT2D eigenvalue weighted by atomic mass is 16.3. The molecule has 3 aliphatic rings. The lowest BCUT2D eigenvalue weighted by atomic mass is 9.55. The van der Waals surface area contributed by atoms with E-state index in [9.17, 15) is 15.0 Å². The second-order valence-corrected chi connectivity index (χ2v) is 9.87. The van der Waals surface area contributed by atoms with E-state index >= 15 is 0 Å². The number of carbonyl (C=O) groups excluding carboxylic acids is 1. The van der Waals surface area contributed by atoms with E-state index in [-0.39, 0.29) is 17.7 Å². The van der Waals surface area contributed by atoms with Crippen molar-refractivity contribution in [2.75, 3.05) is 19.6 Å². The number of hydrogen-bond donors (Lipinski definition) is 3. The Bertz CT molecular complexity index is 945. The summed E-state index contributed by atoms with van der Waals surface area (Å²) in [5.74, 6) is 0.955. The molecule has 0 radical (unpaired) electrons. The van der Waals surface area contributed by atoms with Gasteiger partial charge in [0.15, 0.2) is 0 Å². The zero-order valence-electron chi connectivity index (χ0n) is 18.0. The number of aromatic hydroxyl groups is 1. The molecule has 2 aromatic carbocycles. The lowest BCUT2D eigenvalue weighted by Crippen LogP contribution is -2.67. The first-order valence-corrected chi connectivity index (χ1v) is 11.6. The average Bonchev–Trinajstić information content (AvgIpc) is 3.58. The molecule has 1 heterocycles. The zero-order valence-corrected chi connectivity index (χ0v) is 18.0. The number of hydrogen-bond acceptors (Lipinski definition) is 4. The summed E-state index contributed by atoms with van der Waals surface area (Å²) < 4.78 is 0. The number of nitrogens with one attached hydrogen (secondary N) is 1. The highest BCUT2D eigenvalue weighted by Gasteiger charge is 2.57. The van der Waals surface area contributed by atoms with Gasteiger partial charge in [0.1, 0.15) is 5.75 Å². The van der Waals surface area contributed by atoms with Crippen molar-refractivity contribution in [1.82, 2.24) is 10.2 Å². The van der Waals surface area contributed by atoms with Gasteiger partial charge in [-0.15, -0.1) is 0 Å². The van der Waals surface area contributed by atoms with Crippen LogP contribution in [0, 0.1) is 5.92 Å². The maximum absolute atomic E-state index is 12.8. The Morgan fingerprint density at radius 3 is 2.61 bits per heavy atom. The molecule has 5 rings (SSSR count). The fourth-order valence-corrected chi connectivity index (χ4v) is 5.87. The fourth-order valence-electron chi connectivity index (χ4n) is 5.87. The minimum atomic E-state index is -0.859. The van der Waals surface area contributed by atoms with E-state index in [1.165, 1.54) is 12.8 Å². The Morgan fingerprint density at radius 1 is 1.06 bits per heavy atom. The molecular weight excluding hydrogens is 388 g/mol. The van der Waals surface area contributed by atoms with Crippen molar-refractivity contribution in [3.8, 4) is 5.75 Å². The number of rotatable bonds is 5. The summed E-state index contributed by atoms with van der Waals surface area (Å²) in [5.41, 5.74) is 0.314. The number of benzene rings is 2. The Balaban J connectivity index is 1.42. The van der Waals surface area contributed by atoms with E-state index in [0.29, 0.717) is 24.9 Å². The molecule has 1 aliphatic heterocycles. The number of piperidine rings is 1. The van der Waals surface area contributed by atoms with Crippen molar-refractivity contribution in [1.29, 1.82) is 0 Å². The highest BCUT2D eigenvalue weighted by Crippen LogP contribution is 2.52. The third-order valence-electron chi connectivity index (χ3n) is 7.72. The smallest absolute Gasteiger partial charge is 0.251 e. The predicted molar refractivity (Wildman–Crippen MR) is 120 cm³/mol. The summed E-state index contributed by atoms with van der Waals surface area (Å²) >= 11 is 0. The molecular formula is C26H32N2O3. The van der Waals surface area contributed by atoms with Gasteiger partial charge < -0.3 is 20.4 Å². The summed E-state index contributed by atoms with van der Waals surface area (Å²) in [7, 11) is 0. The van der Waals surface area contributed by atoms with Crippen LogP contribution in [0.5, 0.6) is 5.75 Å². The molecule has 2 unspecified atom stereocenters. The van der Waals surface area contributed by atoms with Crippen LogP contribution in [0.1, 0.15) is 54.4 Å². The number of β-amino-alcohol motifs (C(OH)–C–C–N with tert-alkyl or cyclic N) is 1. The molecule has 1 saturated heterocycles. The molecule has 3 N–H and O–H groups in total. The van der Waals surface area contributed by atoms with Gasteiger partial charge in [0.05, 0.1) is 5.60 Å². The van der Waals surface area contributed by atoms with Gasteiger partial charge >= 0.3 is 0 Å². The first-order chi connectivity index (χ1) is 15.0. The Morgan fingerprint density at radius 2 is 1.87 bits per heavy atom. The summed E-state index contributed by atoms with van der Waals surface area (Å²) in [6.45, 7) is 2.68. The minimum Gasteiger partial charge on any atom is -0.508 e. The van der Waals surface area contributed by atoms with E-state index < -0.39 is 11.0 Å². The van der Waals surface area contributed by atoms with Crippen molar-refractivity contribution in [3.63, 3.8) is 0 Å². The molecule has 0 bridgehead atoms. The second kappa shape index (κ2) is 7.95. The number of nitrogens with zero attached hydrogens (tertiary/aromatic N) is 1. The fraction of sp³-hybridized carbons (Fsp3) is 0.500. The van der Waals surface area contributed by atoms with E-state index in [1.807, 2.05) is 48.5 Å². The summed E-state index contributed by atoms with van der Waals surface area (Å²) in [4.78, 5) is 15.2. The molecule has 0 aromatic heterocycles. The molecule has 2 aliphatic carbocycles. The molecule has 2 aromatic rings. The first-order valence-electron chi connectivity index (χ1n) is 11.6. The quantitative estimate of drug-likeness (QED) is 0.693. The van der Waals surface area contributed by atoms with Crippen LogP contribution in [-0.2, 0) is 5.41 Å². The lowest BCUT2D eigenvalue weighted by molar-refractivity contribution is -0.126. The monoisotopic (exact) mass is 420 g/mol. The zero-order chi connectivity index (χ0) is 21.5. The Labute approximate surface area is 184 Å². The van der Waals surface area contributed by atoms with E-state index in [1.54, 1.807) is 6.07 Å². The highest BCUT2D eigenvalue weighted by molar-refractivity contribution is 5.94. The molecule has 2 saturated carbocycles. The SMILES string of the molecule is O=C(N[C@@H]1CCC2(O)CN(CC3CC3)CCC2(c2cccc(O)c2)C1)c1ccccc1. The van der Waals surface area contributed by atoms with Crippen molar-refractivity contribution in [2.24, 2.45) is 5.92 Å². The second-order valence-electron chi connectivity index (χ2n) is 9.87. The van der Waals surface area contributed by atoms with E-state index in [0.717, 1.165) is 37.4 Å². The topological polar surface area (TPSA) is 72.8 Å². The van der Waals surface area contributed by atoms with E-state index in [4.69, 9.17) is 0 Å². The summed E-state index contributed by atoms with van der Waals surface area (Å²) in [6.07, 6.45) is 5.52. The minimum absolute atomic E-state index is 0.00897. The predicted octanol–water partition coefficient (Wildman–Crippen LogP) is 3.46. The third-order valence-corrected chi connectivity index (χ3v) is 7.72. The third kappa shape index (κ3) is 3.97. The number of amides is 1. The standard InChI is InChI=1S/C26H32N2O3/c29-23-8-4-7-21(15-23)25-13-14-28(17-19-9-10-19)18-26(25,31)12-11-22(16-25)27-24(30)20-5-2-1-3-6-20/h1-8,15,19,22,29,31H,9-14,16-18H2,(H,27,30)/t22-,25?,26?/m1/s1. The molecule has 1 amide bonds. The number of aliphatic hydroxyl groups is 1. The molecule has 31 heavy (non-hydrogen) atoms. The van der Waals surface area contributed by atoms with Gasteiger partial charge in [0, 0.05) is 30.1 Å². The van der Waals surface area contributed by atoms with Gasteiger partial charge in [0.25, 0.3) is 5.91 Å². The van der Waals surface area contributed by atoms with Crippen LogP contribution < -0.4 is 5.32 Å². The van der Waals surface area contributed by atoms with Gasteiger partial charge in [-0.1, -0.05) is 30.3 Å². The lowest BCUT2D eigenvalue weighted by Gasteiger charge is -2.58. The molecule has 164 valence electrons. The molecule has 5 nitrogen and oxygen atoms in total. The Kier molecular flexibility index (Phi) is 5.27. The van der Waals surface area contributed by atoms with Gasteiger partial charge in [-0.2, -0.15) is 0 Å². The summed E-state index contributed by atoms with van der Waals surface area (Å²) in [6, 6.07) is 16.7. The normalized spacial score (nSPS) is 31.1. The first kappa shape index (κ1) is 20.5. The van der Waals surface area contributed by atoms with Crippen molar-refractivity contribution < 1.29 is 15.0 Å². The molecule has 3 atom stereocenters. The van der Waals surface area contributed by atoms with Crippen molar-refractivity contribution in [3.05, 3.63) is 65.7 Å². The molecule has 3 fully saturated rings. The number of phenols is 1. The molecule has 5 heteroatoms. The Hall–Kier alpha value is -2.37. The maximum atomic E-state index is 12.8. The number of phenolic OH excluding ortho intramolecular Hbond substituents is 1. The van der Waals surface area contributed by atoms with Crippen molar-refractivity contribution >= 4 is 5.91 Å². The number of carbonyl (C=O) groups is 1. The van der Waals surface area contributed by atoms with Crippen LogP contribution in [0.3, 0.4) is 0 Å². The van der Waals surface area contributed by atoms with Gasteiger partial charge in [-0.3, -0.25) is 4.79 Å². The molecule has 0 spiro atoms. The van der Waals surface area contributed by atoms with Crippen LogP contribution >= 0.6 is 0 Å². The largest absolute Gasteiger partial charge is 0.508 e. The van der Waals surface area contributed by atoms with Gasteiger partial charge in [-0.25, -0.2) is 0 Å². The van der Waals surface area contributed by atoms with Crippen LogP contribution in [0.15, 0.2) is 54.6 Å². The van der Waals surface area contributed by atoms with Crippen LogP contribution in [-0.4, -0.2) is 52.3 Å². The van der Waals surface area contributed by atoms with E-state index in [2.05, 4.69) is 10.2 Å². The number of fused-ring (bicyclic) bond motifs is 1. The number of likely N-dealkylation sites (tertiary alicyclic amines) is 1. The van der Waals surface area contributed by atoms with Gasteiger partial charge in [0.2, 0.25) is 0 Å². The average molecular weight is 421 g/mol. The van der Waals surface area contributed by atoms with Crippen LogP contribution in [0.25, 0.3) is 0 Å². The van der Waals surface area contributed by atoms with Crippen LogP contribution in [0.4, 0.5) is 0 Å². The van der Waals surface area contributed by atoms with Crippen molar-refractivity contribution in [2.45, 2.75) is 55.6 Å². The van der Waals surface area contributed by atoms with Crippen LogP contribution in [0.2, 0.25) is 0 Å². The summed E-state index contributed by atoms with van der Waals surface area (Å²) in [5, 5.41) is 25.4. The van der Waals surface area contributed by atoms with Gasteiger partial charge in [-0.05, 0) is 80.8 Å². The maximum Gasteiger partial charge on any atom is 0.251 e.